The predicted molar refractivity (Wildman–Crippen MR) is 108 cm³/mol. The summed E-state index contributed by atoms with van der Waals surface area (Å²) in [5.41, 5.74) is 0.395. The second-order valence-electron chi connectivity index (χ2n) is 6.66. The smallest absolute Gasteiger partial charge is 0.407 e. The highest BCUT2D eigenvalue weighted by Crippen LogP contribution is 2.37. The zero-order chi connectivity index (χ0) is 22.7. The molecule has 0 bridgehead atoms. The zero-order valence-corrected chi connectivity index (χ0v) is 17.6. The molecular weight excluding hydrogens is 437 g/mol. The fourth-order valence-corrected chi connectivity index (χ4v) is 3.14. The van der Waals surface area contributed by atoms with Gasteiger partial charge in [0.25, 0.3) is 0 Å². The Hall–Kier alpha value is -3.12. The van der Waals surface area contributed by atoms with Gasteiger partial charge in [0.1, 0.15) is 0 Å². The third kappa shape index (κ3) is 4.80. The van der Waals surface area contributed by atoms with Crippen molar-refractivity contribution in [2.45, 2.75) is 13.1 Å². The molecule has 8 nitrogen and oxygen atoms in total. The topological polar surface area (TPSA) is 83.1 Å². The van der Waals surface area contributed by atoms with Crippen molar-refractivity contribution in [3.05, 3.63) is 52.8 Å². The number of ether oxygens (including phenoxy) is 2. The van der Waals surface area contributed by atoms with Crippen LogP contribution in [0.2, 0.25) is 0 Å². The van der Waals surface area contributed by atoms with E-state index >= 15 is 0 Å². The third-order valence-corrected chi connectivity index (χ3v) is 4.80. The van der Waals surface area contributed by atoms with Gasteiger partial charge in [-0.1, -0.05) is 12.1 Å². The molecule has 2 aromatic carbocycles. The molecule has 0 fully saturated rings. The van der Waals surface area contributed by atoms with Crippen LogP contribution < -0.4 is 18.9 Å². The summed E-state index contributed by atoms with van der Waals surface area (Å²) >= 11 is 1.06. The summed E-state index contributed by atoms with van der Waals surface area (Å²) in [6.07, 6.45) is -1.95. The summed E-state index contributed by atoms with van der Waals surface area (Å²) in [5, 5.41) is 0. The van der Waals surface area contributed by atoms with Gasteiger partial charge in [-0.25, -0.2) is 23.1 Å². The van der Waals surface area contributed by atoms with Crippen molar-refractivity contribution in [2.75, 3.05) is 25.9 Å². The summed E-state index contributed by atoms with van der Waals surface area (Å²) < 4.78 is 59.0. The Morgan fingerprint density at radius 3 is 2.71 bits per heavy atom. The van der Waals surface area contributed by atoms with E-state index in [0.29, 0.717) is 0 Å². The monoisotopic (exact) mass is 456 g/mol. The van der Waals surface area contributed by atoms with Crippen molar-refractivity contribution in [1.82, 2.24) is 14.5 Å². The lowest BCUT2D eigenvalue weighted by Gasteiger charge is -2.29. The number of carbonyl (C=O) groups is 2. The van der Waals surface area contributed by atoms with Gasteiger partial charge >= 0.3 is 12.2 Å². The standard InChI is InChI=1S/C19H19F3N4O4S/c1-23-31-24-13-6-4-5-10(14(13)21)8-26-9-11-7-12(20)17(30-18(27)25(2)3)15(22)16(11)29-19(26)28/h4-7,23-24H,8-9H2,1-3H3. The first-order valence-electron chi connectivity index (χ1n) is 8.95. The summed E-state index contributed by atoms with van der Waals surface area (Å²) in [7, 11) is 4.34. The van der Waals surface area contributed by atoms with Gasteiger partial charge < -0.3 is 19.1 Å². The average Bonchev–Trinajstić information content (AvgIpc) is 2.72. The Bertz CT molecular complexity index is 1020. The van der Waals surface area contributed by atoms with Crippen LogP contribution in [-0.2, 0) is 13.1 Å². The van der Waals surface area contributed by atoms with Crippen LogP contribution in [0.5, 0.6) is 11.5 Å². The highest BCUT2D eigenvalue weighted by molar-refractivity contribution is 7.98. The van der Waals surface area contributed by atoms with Gasteiger partial charge in [-0.05, 0) is 19.2 Å². The summed E-state index contributed by atoms with van der Waals surface area (Å²) in [6, 6.07) is 5.52. The molecule has 2 amide bonds. The Labute approximate surface area is 180 Å². The number of carbonyl (C=O) groups excluding carboxylic acids is 2. The fourth-order valence-electron chi connectivity index (χ4n) is 2.77. The van der Waals surface area contributed by atoms with Gasteiger partial charge in [0.2, 0.25) is 11.6 Å². The van der Waals surface area contributed by atoms with Crippen molar-refractivity contribution >= 4 is 30.0 Å². The minimum atomic E-state index is -1.31. The van der Waals surface area contributed by atoms with E-state index in [9.17, 15) is 22.8 Å². The van der Waals surface area contributed by atoms with Crippen LogP contribution in [0.4, 0.5) is 28.4 Å². The van der Waals surface area contributed by atoms with Crippen LogP contribution in [0.3, 0.4) is 0 Å². The molecule has 0 saturated carbocycles. The molecule has 0 aliphatic carbocycles. The lowest BCUT2D eigenvalue weighted by molar-refractivity contribution is 0.130. The highest BCUT2D eigenvalue weighted by Gasteiger charge is 2.32. The maximum Gasteiger partial charge on any atom is 0.415 e. The molecule has 0 spiro atoms. The molecular formula is C19H19F3N4O4S. The van der Waals surface area contributed by atoms with Crippen molar-refractivity contribution < 1.29 is 32.2 Å². The Kier molecular flexibility index (Phi) is 6.81. The Morgan fingerprint density at radius 1 is 1.29 bits per heavy atom. The van der Waals surface area contributed by atoms with Crippen LogP contribution in [0.1, 0.15) is 11.1 Å². The molecule has 3 rings (SSSR count). The number of fused-ring (bicyclic) bond motifs is 1. The number of rotatable bonds is 6. The summed E-state index contributed by atoms with van der Waals surface area (Å²) in [4.78, 5) is 26.1. The molecule has 0 unspecified atom stereocenters. The second-order valence-corrected chi connectivity index (χ2v) is 7.48. The molecule has 1 aliphatic rings. The van der Waals surface area contributed by atoms with Crippen molar-refractivity contribution in [1.29, 1.82) is 0 Å². The van der Waals surface area contributed by atoms with E-state index in [1.54, 1.807) is 13.1 Å². The van der Waals surface area contributed by atoms with Crippen LogP contribution in [0, 0.1) is 17.5 Å². The molecule has 0 atom stereocenters. The average molecular weight is 456 g/mol. The molecule has 0 radical (unpaired) electrons. The number of hydrogen-bond donors (Lipinski definition) is 2. The second kappa shape index (κ2) is 9.35. The fraction of sp³-hybridized carbons (Fsp3) is 0.263. The number of halogens is 3. The molecule has 2 N–H and O–H groups in total. The molecule has 1 heterocycles. The van der Waals surface area contributed by atoms with Gasteiger partial charge in [0.05, 0.1) is 18.8 Å². The first-order chi connectivity index (χ1) is 14.7. The number of anilines is 1. The molecule has 0 aromatic heterocycles. The van der Waals surface area contributed by atoms with E-state index < -0.39 is 41.1 Å². The van der Waals surface area contributed by atoms with Gasteiger partial charge in [-0.2, -0.15) is 4.39 Å². The largest absolute Gasteiger partial charge is 0.415 e. The van der Waals surface area contributed by atoms with Crippen LogP contribution in [0.15, 0.2) is 24.3 Å². The van der Waals surface area contributed by atoms with Gasteiger partial charge in [0, 0.05) is 37.4 Å². The van der Waals surface area contributed by atoms with E-state index in [2.05, 4.69) is 9.44 Å². The maximum absolute atomic E-state index is 14.7. The Balaban J connectivity index is 1.84. The third-order valence-electron chi connectivity index (χ3n) is 4.27. The normalized spacial score (nSPS) is 12.8. The van der Waals surface area contributed by atoms with Crippen molar-refractivity contribution in [3.8, 4) is 11.5 Å². The number of nitrogens with zero attached hydrogens (tertiary/aromatic N) is 2. The maximum atomic E-state index is 14.7. The van der Waals surface area contributed by atoms with Crippen molar-refractivity contribution in [3.63, 3.8) is 0 Å². The molecule has 31 heavy (non-hydrogen) atoms. The number of benzene rings is 2. The van der Waals surface area contributed by atoms with E-state index in [4.69, 9.17) is 9.47 Å². The Morgan fingerprint density at radius 2 is 2.03 bits per heavy atom. The van der Waals surface area contributed by atoms with Crippen LogP contribution >= 0.6 is 12.1 Å². The van der Waals surface area contributed by atoms with Crippen LogP contribution in [-0.4, -0.2) is 43.1 Å². The quantitative estimate of drug-likeness (QED) is 0.639. The molecule has 2 aromatic rings. The molecule has 1 aliphatic heterocycles. The van der Waals surface area contributed by atoms with E-state index in [1.165, 1.54) is 26.2 Å². The first-order valence-corrected chi connectivity index (χ1v) is 9.77. The van der Waals surface area contributed by atoms with Crippen LogP contribution in [0.25, 0.3) is 0 Å². The summed E-state index contributed by atoms with van der Waals surface area (Å²) in [6.45, 7) is -0.420. The van der Waals surface area contributed by atoms with Gasteiger partial charge in [-0.3, -0.25) is 4.90 Å². The van der Waals surface area contributed by atoms with E-state index in [-0.39, 0.29) is 29.9 Å². The first kappa shape index (κ1) is 22.6. The predicted octanol–water partition coefficient (Wildman–Crippen LogP) is 3.87. The minimum absolute atomic E-state index is 0.0136. The van der Waals surface area contributed by atoms with Gasteiger partial charge in [0.15, 0.2) is 17.4 Å². The highest BCUT2D eigenvalue weighted by atomic mass is 32.2. The minimum Gasteiger partial charge on any atom is -0.407 e. The SMILES string of the molecule is CNSNc1cccc(CN2Cc3cc(F)c(OC(=O)N(C)C)c(F)c3OC2=O)c1F. The van der Waals surface area contributed by atoms with E-state index in [1.807, 2.05) is 0 Å². The number of amides is 2. The lowest BCUT2D eigenvalue weighted by atomic mass is 10.1. The van der Waals surface area contributed by atoms with E-state index in [0.717, 1.165) is 28.0 Å². The molecule has 0 saturated heterocycles. The number of hydrogen-bond acceptors (Lipinski definition) is 7. The lowest BCUT2D eigenvalue weighted by Crippen LogP contribution is -2.37. The van der Waals surface area contributed by atoms with Gasteiger partial charge in [-0.15, -0.1) is 0 Å². The summed E-state index contributed by atoms with van der Waals surface area (Å²) in [5.74, 6) is -4.52. The van der Waals surface area contributed by atoms with Crippen molar-refractivity contribution in [2.24, 2.45) is 0 Å². The zero-order valence-electron chi connectivity index (χ0n) is 16.8. The molecule has 12 heteroatoms. The molecule has 166 valence electrons. The number of nitrogens with one attached hydrogen (secondary N) is 2.